The van der Waals surface area contributed by atoms with Crippen LogP contribution in [0.1, 0.15) is 10.6 Å². The van der Waals surface area contributed by atoms with Crippen LogP contribution in [0.25, 0.3) is 17.1 Å². The summed E-state index contributed by atoms with van der Waals surface area (Å²) in [6, 6.07) is 9.54. The molecule has 186 valence electrons. The number of nitrogens with one attached hydrogen (secondary N) is 1. The molecule has 0 fully saturated rings. The largest absolute Gasteiger partial charge is 0.493 e. The number of amides is 1. The van der Waals surface area contributed by atoms with E-state index in [1.165, 1.54) is 38.1 Å². The van der Waals surface area contributed by atoms with E-state index in [2.05, 4.69) is 15.4 Å². The standard InChI is InChI=1S/C24H18ClF3N4O4/c1-34-19-6-12(7-20(35-2)21(19)36-3)23-30-22(24(33)29-15-9-13(26)8-14(27)10-15)31-32(23)16-4-5-18(28)17(25)11-16/h4-11H,1-3H3,(H,29,33). The fourth-order valence-electron chi connectivity index (χ4n) is 3.42. The Balaban J connectivity index is 1.86. The monoisotopic (exact) mass is 518 g/mol. The highest BCUT2D eigenvalue weighted by Gasteiger charge is 2.23. The summed E-state index contributed by atoms with van der Waals surface area (Å²) in [6.07, 6.45) is 0. The van der Waals surface area contributed by atoms with Gasteiger partial charge in [-0.05, 0) is 42.5 Å². The molecule has 36 heavy (non-hydrogen) atoms. The zero-order valence-electron chi connectivity index (χ0n) is 19.1. The molecule has 0 aliphatic heterocycles. The molecule has 0 aliphatic rings. The second-order valence-electron chi connectivity index (χ2n) is 7.30. The van der Waals surface area contributed by atoms with Gasteiger partial charge in [-0.15, -0.1) is 5.10 Å². The molecule has 4 aromatic rings. The summed E-state index contributed by atoms with van der Waals surface area (Å²) in [7, 11) is 4.31. The zero-order valence-corrected chi connectivity index (χ0v) is 19.9. The average Bonchev–Trinajstić information content (AvgIpc) is 3.30. The van der Waals surface area contributed by atoms with E-state index in [0.29, 0.717) is 28.9 Å². The fraction of sp³-hybridized carbons (Fsp3) is 0.125. The lowest BCUT2D eigenvalue weighted by atomic mass is 10.1. The molecular formula is C24H18ClF3N4O4. The van der Waals surface area contributed by atoms with Crippen molar-refractivity contribution in [2.75, 3.05) is 26.6 Å². The van der Waals surface area contributed by atoms with Crippen LogP contribution in [-0.4, -0.2) is 42.0 Å². The fourth-order valence-corrected chi connectivity index (χ4v) is 3.59. The van der Waals surface area contributed by atoms with E-state index in [1.54, 1.807) is 12.1 Å². The van der Waals surface area contributed by atoms with Crippen molar-refractivity contribution in [1.29, 1.82) is 0 Å². The Kier molecular flexibility index (Phi) is 7.02. The van der Waals surface area contributed by atoms with Gasteiger partial charge in [-0.3, -0.25) is 4.79 Å². The van der Waals surface area contributed by atoms with E-state index in [0.717, 1.165) is 18.2 Å². The summed E-state index contributed by atoms with van der Waals surface area (Å²) < 4.78 is 58.3. The van der Waals surface area contributed by atoms with Gasteiger partial charge in [0.25, 0.3) is 5.91 Å². The van der Waals surface area contributed by atoms with Gasteiger partial charge in [0.2, 0.25) is 11.6 Å². The third-order valence-electron chi connectivity index (χ3n) is 5.00. The van der Waals surface area contributed by atoms with Gasteiger partial charge in [-0.1, -0.05) is 11.6 Å². The number of nitrogens with zero attached hydrogens (tertiary/aromatic N) is 3. The number of hydrogen-bond donors (Lipinski definition) is 1. The van der Waals surface area contributed by atoms with Crippen molar-refractivity contribution < 1.29 is 32.2 Å². The van der Waals surface area contributed by atoms with Gasteiger partial charge in [-0.2, -0.15) is 0 Å². The van der Waals surface area contributed by atoms with E-state index in [9.17, 15) is 18.0 Å². The van der Waals surface area contributed by atoms with Gasteiger partial charge in [0, 0.05) is 17.3 Å². The smallest absolute Gasteiger partial charge is 0.295 e. The maximum Gasteiger partial charge on any atom is 0.295 e. The molecule has 1 amide bonds. The summed E-state index contributed by atoms with van der Waals surface area (Å²) in [5, 5.41) is 6.41. The number of ether oxygens (including phenoxy) is 3. The van der Waals surface area contributed by atoms with E-state index in [-0.39, 0.29) is 28.0 Å². The molecule has 0 bridgehead atoms. The molecule has 3 aromatic carbocycles. The third kappa shape index (κ3) is 4.91. The van der Waals surface area contributed by atoms with Crippen LogP contribution in [0.15, 0.2) is 48.5 Å². The maximum atomic E-state index is 13.8. The predicted molar refractivity (Wildman–Crippen MR) is 126 cm³/mol. The lowest BCUT2D eigenvalue weighted by Crippen LogP contribution is -2.14. The van der Waals surface area contributed by atoms with Crippen molar-refractivity contribution in [2.24, 2.45) is 0 Å². The Hall–Kier alpha value is -4.25. The van der Waals surface area contributed by atoms with Crippen molar-refractivity contribution in [3.05, 3.63) is 76.8 Å². The number of aromatic nitrogens is 3. The van der Waals surface area contributed by atoms with Crippen molar-refractivity contribution in [2.45, 2.75) is 0 Å². The topological polar surface area (TPSA) is 87.5 Å². The Morgan fingerprint density at radius 1 is 0.917 bits per heavy atom. The molecule has 1 N–H and O–H groups in total. The van der Waals surface area contributed by atoms with Crippen LogP contribution in [-0.2, 0) is 0 Å². The molecule has 1 aromatic heterocycles. The number of carbonyl (C=O) groups is 1. The molecule has 8 nitrogen and oxygen atoms in total. The van der Waals surface area contributed by atoms with Crippen LogP contribution in [0.2, 0.25) is 5.02 Å². The molecular weight excluding hydrogens is 501 g/mol. The number of methoxy groups -OCH3 is 3. The number of halogens is 4. The van der Waals surface area contributed by atoms with Crippen LogP contribution in [0, 0.1) is 17.5 Å². The lowest BCUT2D eigenvalue weighted by Gasteiger charge is -2.14. The molecule has 0 atom stereocenters. The van der Waals surface area contributed by atoms with Crippen molar-refractivity contribution >= 4 is 23.2 Å². The minimum Gasteiger partial charge on any atom is -0.493 e. The lowest BCUT2D eigenvalue weighted by molar-refractivity contribution is 0.101. The van der Waals surface area contributed by atoms with Gasteiger partial charge in [0.05, 0.1) is 32.0 Å². The molecule has 0 saturated carbocycles. The minimum absolute atomic E-state index is 0.131. The quantitative estimate of drug-likeness (QED) is 0.358. The normalized spacial score (nSPS) is 10.8. The van der Waals surface area contributed by atoms with Crippen LogP contribution in [0.3, 0.4) is 0 Å². The van der Waals surface area contributed by atoms with Crippen LogP contribution in [0.4, 0.5) is 18.9 Å². The highest BCUT2D eigenvalue weighted by molar-refractivity contribution is 6.30. The molecule has 0 spiro atoms. The highest BCUT2D eigenvalue weighted by Crippen LogP contribution is 2.41. The van der Waals surface area contributed by atoms with Crippen LogP contribution >= 0.6 is 11.6 Å². The zero-order chi connectivity index (χ0) is 26.0. The first-order chi connectivity index (χ1) is 17.2. The first-order valence-corrected chi connectivity index (χ1v) is 10.6. The SMILES string of the molecule is COc1cc(-c2nc(C(=O)Nc3cc(F)cc(F)c3)nn2-c2ccc(F)c(Cl)c2)cc(OC)c1OC. The van der Waals surface area contributed by atoms with Crippen LogP contribution in [0.5, 0.6) is 17.2 Å². The van der Waals surface area contributed by atoms with Crippen molar-refractivity contribution in [1.82, 2.24) is 14.8 Å². The highest BCUT2D eigenvalue weighted by atomic mass is 35.5. The summed E-state index contributed by atoms with van der Waals surface area (Å²) in [5.41, 5.74) is 0.551. The van der Waals surface area contributed by atoms with Gasteiger partial charge < -0.3 is 19.5 Å². The minimum atomic E-state index is -0.872. The van der Waals surface area contributed by atoms with E-state index in [4.69, 9.17) is 25.8 Å². The molecule has 1 heterocycles. The molecule has 4 rings (SSSR count). The molecule has 0 radical (unpaired) electrons. The number of rotatable bonds is 7. The van der Waals surface area contributed by atoms with E-state index >= 15 is 0 Å². The second-order valence-corrected chi connectivity index (χ2v) is 7.70. The number of hydrogen-bond acceptors (Lipinski definition) is 6. The third-order valence-corrected chi connectivity index (χ3v) is 5.29. The van der Waals surface area contributed by atoms with Gasteiger partial charge in [-0.25, -0.2) is 22.8 Å². The summed E-state index contributed by atoms with van der Waals surface area (Å²) >= 11 is 5.96. The van der Waals surface area contributed by atoms with Gasteiger partial charge in [0.1, 0.15) is 17.5 Å². The molecule has 0 unspecified atom stereocenters. The number of anilines is 1. The maximum absolute atomic E-state index is 13.8. The van der Waals surface area contributed by atoms with Crippen molar-refractivity contribution in [3.63, 3.8) is 0 Å². The Bertz CT molecular complexity index is 1420. The van der Waals surface area contributed by atoms with Crippen LogP contribution < -0.4 is 19.5 Å². The van der Waals surface area contributed by atoms with E-state index in [1.807, 2.05) is 0 Å². The van der Waals surface area contributed by atoms with Gasteiger partial charge in [0.15, 0.2) is 17.3 Å². The first-order valence-electron chi connectivity index (χ1n) is 10.2. The number of benzene rings is 3. The van der Waals surface area contributed by atoms with E-state index < -0.39 is 23.4 Å². The van der Waals surface area contributed by atoms with Crippen molar-refractivity contribution in [3.8, 4) is 34.3 Å². The summed E-state index contributed by atoms with van der Waals surface area (Å²) in [4.78, 5) is 17.2. The second kappa shape index (κ2) is 10.2. The summed E-state index contributed by atoms with van der Waals surface area (Å²) in [5.74, 6) is -2.52. The Morgan fingerprint density at radius 3 is 2.11 bits per heavy atom. The average molecular weight is 519 g/mol. The Labute approximate surface area is 208 Å². The number of carbonyl (C=O) groups excluding carboxylic acids is 1. The Morgan fingerprint density at radius 2 is 1.56 bits per heavy atom. The molecule has 12 heteroatoms. The summed E-state index contributed by atoms with van der Waals surface area (Å²) in [6.45, 7) is 0. The molecule has 0 aliphatic carbocycles. The molecule has 0 saturated heterocycles. The van der Waals surface area contributed by atoms with Gasteiger partial charge >= 0.3 is 0 Å². The first kappa shape index (κ1) is 24.9. The predicted octanol–water partition coefficient (Wildman–Crippen LogP) is 5.28.